The minimum Gasteiger partial charge on any atom is -0.393 e. The second kappa shape index (κ2) is 7.28. The third-order valence-corrected chi connectivity index (χ3v) is 4.60. The van der Waals surface area contributed by atoms with Crippen LogP contribution in [-0.4, -0.2) is 17.8 Å². The minimum atomic E-state index is -0.218. The van der Waals surface area contributed by atoms with E-state index in [1.165, 1.54) is 24.8 Å². The Morgan fingerprint density at radius 3 is 2.37 bits per heavy atom. The monoisotopic (exact) mass is 281 g/mol. The summed E-state index contributed by atoms with van der Waals surface area (Å²) < 4.78 is 0. The molecule has 1 aromatic carbocycles. The Balaban J connectivity index is 2.16. The maximum Gasteiger partial charge on any atom is 0.0574 e. The molecule has 106 valence electrons. The van der Waals surface area contributed by atoms with Crippen LogP contribution in [-0.2, 0) is 0 Å². The summed E-state index contributed by atoms with van der Waals surface area (Å²) in [5, 5.41) is 11.2. The van der Waals surface area contributed by atoms with Crippen molar-refractivity contribution in [1.82, 2.24) is 0 Å². The first kappa shape index (κ1) is 14.8. The summed E-state index contributed by atoms with van der Waals surface area (Å²) in [4.78, 5) is 0. The number of halogens is 1. The molecular formula is C16H24ClNO. The van der Waals surface area contributed by atoms with E-state index < -0.39 is 0 Å². The quantitative estimate of drug-likeness (QED) is 0.887. The Morgan fingerprint density at radius 1 is 1.11 bits per heavy atom. The van der Waals surface area contributed by atoms with Crippen molar-refractivity contribution >= 4 is 11.6 Å². The second-order valence-corrected chi connectivity index (χ2v) is 6.05. The number of benzene rings is 1. The molecule has 3 atom stereocenters. The molecular weight excluding hydrogens is 258 g/mol. The van der Waals surface area contributed by atoms with Gasteiger partial charge in [0.2, 0.25) is 0 Å². The summed E-state index contributed by atoms with van der Waals surface area (Å²) >= 11 is 5.94. The number of aliphatic hydroxyl groups is 1. The highest BCUT2D eigenvalue weighted by Crippen LogP contribution is 2.34. The lowest BCUT2D eigenvalue weighted by atomic mass is 9.77. The topological polar surface area (TPSA) is 46.2 Å². The van der Waals surface area contributed by atoms with E-state index in [9.17, 15) is 5.11 Å². The molecule has 1 saturated carbocycles. The van der Waals surface area contributed by atoms with Gasteiger partial charge in [0.25, 0.3) is 0 Å². The highest BCUT2D eigenvalue weighted by atomic mass is 35.5. The second-order valence-electron chi connectivity index (χ2n) is 5.62. The number of aliphatic hydroxyl groups excluding tert-OH is 1. The molecule has 0 aliphatic heterocycles. The van der Waals surface area contributed by atoms with Crippen LogP contribution in [0.1, 0.15) is 50.0 Å². The summed E-state index contributed by atoms with van der Waals surface area (Å²) in [6.07, 6.45) is 6.63. The Kier molecular flexibility index (Phi) is 5.68. The number of hydrogen-bond acceptors (Lipinski definition) is 2. The van der Waals surface area contributed by atoms with Gasteiger partial charge in [-0.1, -0.05) is 49.4 Å². The van der Waals surface area contributed by atoms with Crippen LogP contribution in [0.3, 0.4) is 0 Å². The first-order valence-electron chi connectivity index (χ1n) is 7.36. The molecule has 1 unspecified atom stereocenters. The largest absolute Gasteiger partial charge is 0.393 e. The molecule has 19 heavy (non-hydrogen) atoms. The molecule has 0 amide bonds. The van der Waals surface area contributed by atoms with Gasteiger partial charge in [0, 0.05) is 10.9 Å². The molecule has 3 heteroatoms. The van der Waals surface area contributed by atoms with Crippen molar-refractivity contribution in [2.75, 3.05) is 6.54 Å². The van der Waals surface area contributed by atoms with Gasteiger partial charge in [0.1, 0.15) is 0 Å². The molecule has 0 radical (unpaired) electrons. The summed E-state index contributed by atoms with van der Waals surface area (Å²) in [5.41, 5.74) is 7.19. The molecule has 1 aliphatic rings. The zero-order valence-corrected chi connectivity index (χ0v) is 12.1. The molecule has 0 heterocycles. The van der Waals surface area contributed by atoms with Gasteiger partial charge in [0.15, 0.2) is 0 Å². The average molecular weight is 282 g/mol. The average Bonchev–Trinajstić information content (AvgIpc) is 2.40. The van der Waals surface area contributed by atoms with Gasteiger partial charge in [-0.15, -0.1) is 0 Å². The number of hydrogen-bond donors (Lipinski definition) is 2. The number of rotatable bonds is 3. The highest BCUT2D eigenvalue weighted by molar-refractivity contribution is 6.30. The van der Waals surface area contributed by atoms with Crippen LogP contribution in [0.25, 0.3) is 0 Å². The number of nitrogens with two attached hydrogens (primary N) is 1. The van der Waals surface area contributed by atoms with Gasteiger partial charge >= 0.3 is 0 Å². The van der Waals surface area contributed by atoms with E-state index in [2.05, 4.69) is 0 Å². The Bertz CT molecular complexity index is 379. The van der Waals surface area contributed by atoms with E-state index >= 15 is 0 Å². The SMILES string of the molecule is NC[C@@H](c1ccc(Cl)cc1)[C@@H]1CCCCCCC1O. The van der Waals surface area contributed by atoms with Gasteiger partial charge < -0.3 is 10.8 Å². The maximum absolute atomic E-state index is 10.4. The zero-order chi connectivity index (χ0) is 13.7. The third kappa shape index (κ3) is 3.95. The standard InChI is InChI=1S/C16H24ClNO/c17-13-9-7-12(8-10-13)15(11-18)14-5-3-1-2-4-6-16(14)19/h7-10,14-16,19H,1-6,11,18H2/t14-,15-,16?/m0/s1. The molecule has 1 aliphatic carbocycles. The predicted octanol–water partition coefficient (Wildman–Crippen LogP) is 3.71. The molecule has 3 N–H and O–H groups in total. The first-order valence-corrected chi connectivity index (χ1v) is 7.73. The van der Waals surface area contributed by atoms with Crippen LogP contribution < -0.4 is 5.73 Å². The van der Waals surface area contributed by atoms with E-state index in [1.807, 2.05) is 24.3 Å². The lowest BCUT2D eigenvalue weighted by Gasteiger charge is -2.32. The van der Waals surface area contributed by atoms with Gasteiger partial charge in [-0.25, -0.2) is 0 Å². The van der Waals surface area contributed by atoms with E-state index in [1.54, 1.807) is 0 Å². The van der Waals surface area contributed by atoms with Crippen LogP contribution in [0, 0.1) is 5.92 Å². The summed E-state index contributed by atoms with van der Waals surface area (Å²) in [7, 11) is 0. The lowest BCUT2D eigenvalue weighted by Crippen LogP contribution is -2.32. The molecule has 2 rings (SSSR count). The van der Waals surface area contributed by atoms with E-state index in [0.717, 1.165) is 24.3 Å². The zero-order valence-electron chi connectivity index (χ0n) is 11.4. The summed E-state index contributed by atoms with van der Waals surface area (Å²) in [6, 6.07) is 7.92. The Hall–Kier alpha value is -0.570. The van der Waals surface area contributed by atoms with E-state index in [0.29, 0.717) is 6.54 Å². The van der Waals surface area contributed by atoms with Crippen molar-refractivity contribution in [3.05, 3.63) is 34.9 Å². The van der Waals surface area contributed by atoms with Crippen molar-refractivity contribution in [2.45, 2.75) is 50.5 Å². The molecule has 0 bridgehead atoms. The fraction of sp³-hybridized carbons (Fsp3) is 0.625. The highest BCUT2D eigenvalue weighted by Gasteiger charge is 2.28. The Morgan fingerprint density at radius 2 is 1.74 bits per heavy atom. The van der Waals surface area contributed by atoms with Crippen LogP contribution in [0.2, 0.25) is 5.02 Å². The maximum atomic E-state index is 10.4. The third-order valence-electron chi connectivity index (χ3n) is 4.35. The van der Waals surface area contributed by atoms with E-state index in [-0.39, 0.29) is 17.9 Å². The predicted molar refractivity (Wildman–Crippen MR) is 80.4 cm³/mol. The van der Waals surface area contributed by atoms with Crippen molar-refractivity contribution in [3.8, 4) is 0 Å². The molecule has 0 saturated heterocycles. The minimum absolute atomic E-state index is 0.218. The van der Waals surface area contributed by atoms with Crippen LogP contribution in [0.4, 0.5) is 0 Å². The van der Waals surface area contributed by atoms with Crippen LogP contribution in [0.15, 0.2) is 24.3 Å². The first-order chi connectivity index (χ1) is 9.22. The van der Waals surface area contributed by atoms with Crippen LogP contribution >= 0.6 is 11.6 Å². The molecule has 1 fully saturated rings. The molecule has 0 aromatic heterocycles. The molecule has 0 spiro atoms. The molecule has 1 aromatic rings. The van der Waals surface area contributed by atoms with Gasteiger partial charge in [-0.3, -0.25) is 0 Å². The Labute approximate surface area is 121 Å². The van der Waals surface area contributed by atoms with Crippen molar-refractivity contribution < 1.29 is 5.11 Å². The van der Waals surface area contributed by atoms with Crippen LogP contribution in [0.5, 0.6) is 0 Å². The lowest BCUT2D eigenvalue weighted by molar-refractivity contribution is 0.0697. The normalized spacial score (nSPS) is 26.5. The van der Waals surface area contributed by atoms with Crippen molar-refractivity contribution in [3.63, 3.8) is 0 Å². The van der Waals surface area contributed by atoms with Gasteiger partial charge in [0.05, 0.1) is 6.10 Å². The van der Waals surface area contributed by atoms with E-state index in [4.69, 9.17) is 17.3 Å². The fourth-order valence-electron chi connectivity index (χ4n) is 3.23. The summed E-state index contributed by atoms with van der Waals surface area (Å²) in [5.74, 6) is 0.525. The van der Waals surface area contributed by atoms with Gasteiger partial charge in [-0.2, -0.15) is 0 Å². The molecule has 2 nitrogen and oxygen atoms in total. The van der Waals surface area contributed by atoms with Crippen molar-refractivity contribution in [1.29, 1.82) is 0 Å². The summed E-state index contributed by atoms with van der Waals surface area (Å²) in [6.45, 7) is 0.587. The smallest absolute Gasteiger partial charge is 0.0574 e. The van der Waals surface area contributed by atoms with Crippen molar-refractivity contribution in [2.24, 2.45) is 11.7 Å². The van der Waals surface area contributed by atoms with Gasteiger partial charge in [-0.05, 0) is 43.0 Å². The fourth-order valence-corrected chi connectivity index (χ4v) is 3.36.